The van der Waals surface area contributed by atoms with Crippen LogP contribution in [0.1, 0.15) is 150 Å². The van der Waals surface area contributed by atoms with Gasteiger partial charge < -0.3 is 9.47 Å². The van der Waals surface area contributed by atoms with Crippen molar-refractivity contribution in [2.24, 2.45) is 11.8 Å². The Bertz CT molecular complexity index is 1470. The molecule has 266 valence electrons. The highest BCUT2D eigenvalue weighted by atomic mass is 79.9. The molecule has 0 saturated carbocycles. The number of hydrogen-bond donors (Lipinski definition) is 0. The molecule has 4 aromatic rings. The van der Waals surface area contributed by atoms with Crippen molar-refractivity contribution < 1.29 is 19.1 Å². The summed E-state index contributed by atoms with van der Waals surface area (Å²) in [4.78, 5) is 30.1. The maximum atomic E-state index is 13.3. The molecule has 2 unspecified atom stereocenters. The minimum absolute atomic E-state index is 0.227. The Labute approximate surface area is 320 Å². The van der Waals surface area contributed by atoms with Crippen LogP contribution in [0.5, 0.6) is 0 Å². The standard InChI is InChI=1S/C38H52Br2O4S4/c1-5-9-13-15-19-25(17-11-7-3)23-43-37(41)29-21-27-31(45-29)33(47-35(27)39)34-32-28(36(40)48-34)22-30(46-32)38(42)44-24-26(18-12-8-4)20-16-14-10-6-2/h21-22,25-26H,5-20,23-24H2,1-4H3. The number of fused-ring (bicyclic) bond motifs is 2. The number of hydrogen-bond acceptors (Lipinski definition) is 8. The largest absolute Gasteiger partial charge is 0.461 e. The Kier molecular flexibility index (Phi) is 17.4. The van der Waals surface area contributed by atoms with Crippen LogP contribution < -0.4 is 0 Å². The van der Waals surface area contributed by atoms with Crippen molar-refractivity contribution in [3.05, 3.63) is 29.5 Å². The predicted octanol–water partition coefficient (Wildman–Crippen LogP) is 15.3. The molecule has 0 aliphatic heterocycles. The summed E-state index contributed by atoms with van der Waals surface area (Å²) >= 11 is 13.9. The molecule has 0 bridgehead atoms. The van der Waals surface area contributed by atoms with E-state index in [0.717, 1.165) is 76.0 Å². The Hall–Kier alpha value is -0.780. The number of carbonyl (C=O) groups is 2. The smallest absolute Gasteiger partial charge is 0.348 e. The molecule has 4 nitrogen and oxygen atoms in total. The van der Waals surface area contributed by atoms with Gasteiger partial charge in [-0.15, -0.1) is 45.3 Å². The minimum Gasteiger partial charge on any atom is -0.461 e. The number of ether oxygens (including phenoxy) is 2. The van der Waals surface area contributed by atoms with Crippen molar-refractivity contribution in [2.75, 3.05) is 13.2 Å². The molecule has 0 aliphatic rings. The van der Waals surface area contributed by atoms with E-state index in [2.05, 4.69) is 59.6 Å². The second-order valence-corrected chi connectivity index (χ2v) is 19.8. The third-order valence-electron chi connectivity index (χ3n) is 9.06. The molecular formula is C38H52Br2O4S4. The number of carbonyl (C=O) groups excluding carboxylic acids is 2. The van der Waals surface area contributed by atoms with Crippen molar-refractivity contribution >= 4 is 109 Å². The Balaban J connectivity index is 1.47. The van der Waals surface area contributed by atoms with Crippen LogP contribution >= 0.6 is 77.2 Å². The summed E-state index contributed by atoms with van der Waals surface area (Å²) in [7, 11) is 0. The zero-order chi connectivity index (χ0) is 34.5. The molecule has 0 aliphatic carbocycles. The van der Waals surface area contributed by atoms with Crippen LogP contribution in [0.2, 0.25) is 0 Å². The van der Waals surface area contributed by atoms with Crippen LogP contribution in [0.25, 0.3) is 29.9 Å². The van der Waals surface area contributed by atoms with E-state index in [1.807, 2.05) is 12.1 Å². The normalized spacial score (nSPS) is 13.0. The molecule has 48 heavy (non-hydrogen) atoms. The van der Waals surface area contributed by atoms with Gasteiger partial charge in [0.1, 0.15) is 9.75 Å². The van der Waals surface area contributed by atoms with Crippen LogP contribution in [0.15, 0.2) is 19.7 Å². The molecule has 0 radical (unpaired) electrons. The van der Waals surface area contributed by atoms with Crippen LogP contribution in [-0.4, -0.2) is 25.2 Å². The maximum Gasteiger partial charge on any atom is 0.348 e. The average Bonchev–Trinajstić information content (AvgIpc) is 3.85. The van der Waals surface area contributed by atoms with Crippen LogP contribution in [0.4, 0.5) is 0 Å². The van der Waals surface area contributed by atoms with Crippen molar-refractivity contribution in [3.63, 3.8) is 0 Å². The molecule has 4 rings (SSSR count). The van der Waals surface area contributed by atoms with E-state index in [1.54, 1.807) is 22.7 Å². The van der Waals surface area contributed by atoms with Gasteiger partial charge in [0, 0.05) is 10.8 Å². The summed E-state index contributed by atoms with van der Waals surface area (Å²) in [6.07, 6.45) is 19.1. The average molecular weight is 861 g/mol. The molecule has 2 atom stereocenters. The minimum atomic E-state index is -0.227. The van der Waals surface area contributed by atoms with Gasteiger partial charge in [-0.25, -0.2) is 9.59 Å². The van der Waals surface area contributed by atoms with Crippen LogP contribution in [0.3, 0.4) is 0 Å². The van der Waals surface area contributed by atoms with E-state index in [4.69, 9.17) is 9.47 Å². The fourth-order valence-corrected chi connectivity index (χ4v) is 12.7. The molecule has 10 heteroatoms. The van der Waals surface area contributed by atoms with Gasteiger partial charge in [-0.3, -0.25) is 0 Å². The van der Waals surface area contributed by atoms with Gasteiger partial charge in [-0.05, 0) is 81.5 Å². The number of rotatable bonds is 23. The first-order valence-electron chi connectivity index (χ1n) is 18.1. The molecule has 0 fully saturated rings. The predicted molar refractivity (Wildman–Crippen MR) is 218 cm³/mol. The summed E-state index contributed by atoms with van der Waals surface area (Å²) in [6.45, 7) is 9.90. The SMILES string of the molecule is CCCCCCC(CCCC)COC(=O)c1cc2c(Br)sc(-c3sc(Br)c4cc(C(=O)OCC(CCCC)CCCCCC)sc34)c2s1. The number of thiophene rings is 4. The molecule has 0 aromatic carbocycles. The maximum absolute atomic E-state index is 13.3. The van der Waals surface area contributed by atoms with E-state index in [0.29, 0.717) is 34.8 Å². The molecule has 0 saturated heterocycles. The van der Waals surface area contributed by atoms with Crippen molar-refractivity contribution in [1.82, 2.24) is 0 Å². The first-order valence-corrected chi connectivity index (χ1v) is 22.9. The zero-order valence-electron chi connectivity index (χ0n) is 29.1. The Morgan fingerprint density at radius 2 is 0.938 bits per heavy atom. The summed E-state index contributed by atoms with van der Waals surface area (Å²) in [6, 6.07) is 3.95. The van der Waals surface area contributed by atoms with E-state index in [9.17, 15) is 9.59 Å². The van der Waals surface area contributed by atoms with Gasteiger partial charge >= 0.3 is 11.9 Å². The van der Waals surface area contributed by atoms with Gasteiger partial charge in [0.15, 0.2) is 0 Å². The number of esters is 2. The first kappa shape index (κ1) is 40.0. The lowest BCUT2D eigenvalue weighted by atomic mass is 9.96. The van der Waals surface area contributed by atoms with E-state index in [1.165, 1.54) is 86.9 Å². The van der Waals surface area contributed by atoms with Gasteiger partial charge in [-0.2, -0.15) is 0 Å². The molecular weight excluding hydrogens is 808 g/mol. The highest BCUT2D eigenvalue weighted by Crippen LogP contribution is 2.53. The second-order valence-electron chi connectivity index (χ2n) is 13.0. The molecule has 0 N–H and O–H groups in total. The number of unbranched alkanes of at least 4 members (excludes halogenated alkanes) is 8. The lowest BCUT2D eigenvalue weighted by molar-refractivity contribution is 0.0420. The van der Waals surface area contributed by atoms with E-state index in [-0.39, 0.29) is 11.9 Å². The van der Waals surface area contributed by atoms with Gasteiger partial charge in [-0.1, -0.05) is 105 Å². The summed E-state index contributed by atoms with van der Waals surface area (Å²) < 4.78 is 16.0. The summed E-state index contributed by atoms with van der Waals surface area (Å²) in [5.74, 6) is 0.404. The van der Waals surface area contributed by atoms with Crippen molar-refractivity contribution in [3.8, 4) is 9.75 Å². The monoisotopic (exact) mass is 858 g/mol. The summed E-state index contributed by atoms with van der Waals surface area (Å²) in [5.41, 5.74) is 0. The van der Waals surface area contributed by atoms with Gasteiger partial charge in [0.2, 0.25) is 0 Å². The highest BCUT2D eigenvalue weighted by molar-refractivity contribution is 9.11. The third-order valence-corrected chi connectivity index (χ3v) is 15.6. The van der Waals surface area contributed by atoms with Gasteiger partial charge in [0.25, 0.3) is 0 Å². The molecule has 0 spiro atoms. The molecule has 4 heterocycles. The topological polar surface area (TPSA) is 52.6 Å². The quantitative estimate of drug-likeness (QED) is 0.0551. The van der Waals surface area contributed by atoms with E-state index >= 15 is 0 Å². The second kappa shape index (κ2) is 20.9. The highest BCUT2D eigenvalue weighted by Gasteiger charge is 2.25. The third kappa shape index (κ3) is 11.1. The van der Waals surface area contributed by atoms with Crippen molar-refractivity contribution in [1.29, 1.82) is 0 Å². The Morgan fingerprint density at radius 3 is 1.31 bits per heavy atom. The zero-order valence-corrected chi connectivity index (χ0v) is 35.5. The lowest BCUT2D eigenvalue weighted by Gasteiger charge is -2.16. The van der Waals surface area contributed by atoms with Gasteiger partial charge in [0.05, 0.1) is 39.9 Å². The van der Waals surface area contributed by atoms with Crippen LogP contribution in [0, 0.1) is 11.8 Å². The Morgan fingerprint density at radius 1 is 0.562 bits per heavy atom. The van der Waals surface area contributed by atoms with Crippen LogP contribution in [-0.2, 0) is 9.47 Å². The van der Waals surface area contributed by atoms with E-state index < -0.39 is 0 Å². The summed E-state index contributed by atoms with van der Waals surface area (Å²) in [5, 5.41) is 2.08. The fraction of sp³-hybridized carbons (Fsp3) is 0.632. The first-order chi connectivity index (χ1) is 23.3. The molecule has 0 amide bonds. The lowest BCUT2D eigenvalue weighted by Crippen LogP contribution is -2.14. The van der Waals surface area contributed by atoms with Crippen molar-refractivity contribution in [2.45, 2.75) is 130 Å². The number of halogens is 2. The fourth-order valence-electron chi connectivity index (χ4n) is 6.15. The molecule has 4 aromatic heterocycles.